The van der Waals surface area contributed by atoms with Crippen molar-refractivity contribution in [2.24, 2.45) is 0 Å². The Hall–Kier alpha value is -2.34. The van der Waals surface area contributed by atoms with Crippen LogP contribution in [0.25, 0.3) is 0 Å². The second-order valence-corrected chi connectivity index (χ2v) is 5.94. The first-order valence-electron chi connectivity index (χ1n) is 8.31. The third kappa shape index (κ3) is 5.06. The summed E-state index contributed by atoms with van der Waals surface area (Å²) in [6, 6.07) is 6.67. The Morgan fingerprint density at radius 2 is 1.96 bits per heavy atom. The van der Waals surface area contributed by atoms with E-state index in [4.69, 9.17) is 16.3 Å². The predicted octanol–water partition coefficient (Wildman–Crippen LogP) is 4.02. The van der Waals surface area contributed by atoms with Crippen LogP contribution in [0.5, 0.6) is 5.75 Å². The number of benzene rings is 1. The van der Waals surface area contributed by atoms with Crippen LogP contribution in [-0.2, 0) is 0 Å². The molecule has 0 atom stereocenters. The van der Waals surface area contributed by atoms with E-state index in [0.717, 1.165) is 25.9 Å². The van der Waals surface area contributed by atoms with Crippen LogP contribution in [-0.4, -0.2) is 36.1 Å². The van der Waals surface area contributed by atoms with E-state index in [0.29, 0.717) is 28.1 Å². The average Bonchev–Trinajstić information content (AvgIpc) is 2.62. The van der Waals surface area contributed by atoms with Crippen molar-refractivity contribution in [3.05, 3.63) is 41.2 Å². The zero-order chi connectivity index (χ0) is 18.2. The van der Waals surface area contributed by atoms with E-state index in [1.165, 1.54) is 0 Å². The number of ether oxygens (including phenoxy) is 1. The van der Waals surface area contributed by atoms with Gasteiger partial charge in [0.25, 0.3) is 5.91 Å². The zero-order valence-electron chi connectivity index (χ0n) is 14.8. The lowest BCUT2D eigenvalue weighted by Gasteiger charge is -2.21. The number of methoxy groups -OCH3 is 1. The maximum atomic E-state index is 12.5. The van der Waals surface area contributed by atoms with Gasteiger partial charge >= 0.3 is 0 Å². The van der Waals surface area contributed by atoms with Gasteiger partial charge in [-0.3, -0.25) is 4.79 Å². The maximum Gasteiger partial charge on any atom is 0.274 e. The second kappa shape index (κ2) is 9.22. The molecule has 1 N–H and O–H groups in total. The van der Waals surface area contributed by atoms with E-state index in [1.54, 1.807) is 37.6 Å². The number of hydrogen-bond donors (Lipinski definition) is 1. The highest BCUT2D eigenvalue weighted by Gasteiger charge is 2.13. The molecule has 0 bridgehead atoms. The molecule has 0 unspecified atom stereocenters. The number of hydrogen-bond acceptors (Lipinski definition) is 5. The molecule has 1 aromatic heterocycles. The lowest BCUT2D eigenvalue weighted by molar-refractivity contribution is 0.102. The van der Waals surface area contributed by atoms with Gasteiger partial charge in [-0.25, -0.2) is 9.97 Å². The molecular weight excluding hydrogens is 340 g/mol. The van der Waals surface area contributed by atoms with Gasteiger partial charge in [0.1, 0.15) is 11.4 Å². The molecular formula is C18H23ClN4O2. The predicted molar refractivity (Wildman–Crippen MR) is 101 cm³/mol. The summed E-state index contributed by atoms with van der Waals surface area (Å²) in [5.74, 6) is 0.820. The van der Waals surface area contributed by atoms with Crippen molar-refractivity contribution in [3.63, 3.8) is 0 Å². The highest BCUT2D eigenvalue weighted by Crippen LogP contribution is 2.27. The highest BCUT2D eigenvalue weighted by molar-refractivity contribution is 6.32. The Balaban J connectivity index is 2.16. The quantitative estimate of drug-likeness (QED) is 0.768. The Morgan fingerprint density at radius 3 is 2.56 bits per heavy atom. The summed E-state index contributed by atoms with van der Waals surface area (Å²) >= 11 is 6.09. The zero-order valence-corrected chi connectivity index (χ0v) is 15.5. The highest BCUT2D eigenvalue weighted by atomic mass is 35.5. The number of nitrogens with one attached hydrogen (secondary N) is 1. The van der Waals surface area contributed by atoms with E-state index < -0.39 is 0 Å². The topological polar surface area (TPSA) is 67.4 Å². The molecule has 134 valence electrons. The maximum absolute atomic E-state index is 12.5. The third-order valence-corrected chi connectivity index (χ3v) is 3.85. The van der Waals surface area contributed by atoms with E-state index >= 15 is 0 Å². The molecule has 25 heavy (non-hydrogen) atoms. The number of rotatable bonds is 8. The van der Waals surface area contributed by atoms with Gasteiger partial charge in [0, 0.05) is 25.0 Å². The van der Waals surface area contributed by atoms with E-state index in [-0.39, 0.29) is 5.91 Å². The summed E-state index contributed by atoms with van der Waals surface area (Å²) in [7, 11) is 1.54. The number of amides is 1. The first-order valence-corrected chi connectivity index (χ1v) is 8.69. The average molecular weight is 363 g/mol. The number of nitrogens with zero attached hydrogens (tertiary/aromatic N) is 3. The van der Waals surface area contributed by atoms with Crippen LogP contribution in [0.15, 0.2) is 30.5 Å². The van der Waals surface area contributed by atoms with Gasteiger partial charge in [0.15, 0.2) is 0 Å². The molecule has 6 nitrogen and oxygen atoms in total. The van der Waals surface area contributed by atoms with Gasteiger partial charge in [-0.05, 0) is 37.1 Å². The van der Waals surface area contributed by atoms with Crippen LogP contribution >= 0.6 is 11.6 Å². The number of aromatic nitrogens is 2. The Morgan fingerprint density at radius 1 is 1.24 bits per heavy atom. The van der Waals surface area contributed by atoms with Crippen LogP contribution in [0, 0.1) is 0 Å². The van der Waals surface area contributed by atoms with Gasteiger partial charge in [-0.15, -0.1) is 0 Å². The van der Waals surface area contributed by atoms with Crippen molar-refractivity contribution in [1.82, 2.24) is 9.97 Å². The third-order valence-electron chi connectivity index (χ3n) is 3.56. The van der Waals surface area contributed by atoms with Crippen molar-refractivity contribution in [2.45, 2.75) is 26.7 Å². The smallest absolute Gasteiger partial charge is 0.274 e. The van der Waals surface area contributed by atoms with Crippen LogP contribution in [0.4, 0.5) is 11.6 Å². The van der Waals surface area contributed by atoms with Gasteiger partial charge in [0.2, 0.25) is 5.95 Å². The summed E-state index contributed by atoms with van der Waals surface area (Å²) < 4.78 is 5.11. The minimum Gasteiger partial charge on any atom is -0.495 e. The number of carbonyl (C=O) groups is 1. The minimum atomic E-state index is -0.308. The monoisotopic (exact) mass is 362 g/mol. The standard InChI is InChI=1S/C18H23ClN4O2/c1-4-10-23(11-5-2)18-20-9-8-15(22-18)17(24)21-13-6-7-16(25-3)14(19)12-13/h6-9,12H,4-5,10-11H2,1-3H3,(H,21,24). The van der Waals surface area contributed by atoms with Crippen LogP contribution in [0.1, 0.15) is 37.2 Å². The number of anilines is 2. The molecule has 0 saturated carbocycles. The Kier molecular flexibility index (Phi) is 7.01. The molecule has 1 amide bonds. The summed E-state index contributed by atoms with van der Waals surface area (Å²) in [6.45, 7) is 5.92. The molecule has 0 aliphatic carbocycles. The van der Waals surface area contributed by atoms with E-state index in [1.807, 2.05) is 0 Å². The largest absolute Gasteiger partial charge is 0.495 e. The molecule has 2 aromatic rings. The molecule has 1 aromatic carbocycles. The number of halogens is 1. The minimum absolute atomic E-state index is 0.308. The molecule has 7 heteroatoms. The molecule has 0 saturated heterocycles. The van der Waals surface area contributed by atoms with Gasteiger partial charge in [0.05, 0.1) is 12.1 Å². The summed E-state index contributed by atoms with van der Waals surface area (Å²) in [6.07, 6.45) is 3.59. The lowest BCUT2D eigenvalue weighted by atomic mass is 10.3. The van der Waals surface area contributed by atoms with Gasteiger partial charge in [-0.1, -0.05) is 25.4 Å². The van der Waals surface area contributed by atoms with Gasteiger partial charge in [-0.2, -0.15) is 0 Å². The van der Waals surface area contributed by atoms with Crippen LogP contribution in [0.2, 0.25) is 5.02 Å². The fourth-order valence-electron chi connectivity index (χ4n) is 2.42. The van der Waals surface area contributed by atoms with E-state index in [9.17, 15) is 4.79 Å². The van der Waals surface area contributed by atoms with Crippen molar-refractivity contribution in [3.8, 4) is 5.75 Å². The molecule has 0 spiro atoms. The van der Waals surface area contributed by atoms with Gasteiger partial charge < -0.3 is 15.0 Å². The first kappa shape index (κ1) is 19.0. The number of carbonyl (C=O) groups excluding carboxylic acids is 1. The molecule has 2 rings (SSSR count). The summed E-state index contributed by atoms with van der Waals surface area (Å²) in [5, 5.41) is 3.22. The molecule has 0 aliphatic rings. The van der Waals surface area contributed by atoms with Crippen molar-refractivity contribution in [2.75, 3.05) is 30.4 Å². The molecule has 0 fully saturated rings. The first-order chi connectivity index (χ1) is 12.1. The second-order valence-electron chi connectivity index (χ2n) is 5.53. The van der Waals surface area contributed by atoms with E-state index in [2.05, 4.69) is 34.0 Å². The molecule has 0 radical (unpaired) electrons. The fraction of sp³-hybridized carbons (Fsp3) is 0.389. The normalized spacial score (nSPS) is 10.4. The summed E-state index contributed by atoms with van der Waals surface area (Å²) in [5.41, 5.74) is 0.893. The van der Waals surface area contributed by atoms with Crippen LogP contribution < -0.4 is 15.0 Å². The van der Waals surface area contributed by atoms with Crippen molar-refractivity contribution < 1.29 is 9.53 Å². The Labute approximate surface area is 153 Å². The van der Waals surface area contributed by atoms with Crippen LogP contribution in [0.3, 0.4) is 0 Å². The SMILES string of the molecule is CCCN(CCC)c1nccc(C(=O)Nc2ccc(OC)c(Cl)c2)n1. The fourth-order valence-corrected chi connectivity index (χ4v) is 2.68. The Bertz CT molecular complexity index is 718. The van der Waals surface area contributed by atoms with Crippen molar-refractivity contribution >= 4 is 29.1 Å². The summed E-state index contributed by atoms with van der Waals surface area (Å²) in [4.78, 5) is 23.3. The lowest BCUT2D eigenvalue weighted by Crippen LogP contribution is -2.27. The molecule has 0 aliphatic heterocycles. The molecule has 1 heterocycles. The van der Waals surface area contributed by atoms with Crippen molar-refractivity contribution in [1.29, 1.82) is 0 Å².